The van der Waals surface area contributed by atoms with Crippen LogP contribution >= 0.6 is 0 Å². The summed E-state index contributed by atoms with van der Waals surface area (Å²) in [6, 6.07) is 0. The Hall–Kier alpha value is -1.06. The van der Waals surface area contributed by atoms with E-state index in [2.05, 4.69) is 19.2 Å². The van der Waals surface area contributed by atoms with E-state index in [-0.39, 0.29) is 12.3 Å². The zero-order valence-electron chi connectivity index (χ0n) is 12.9. The first-order valence-corrected chi connectivity index (χ1v) is 7.96. The summed E-state index contributed by atoms with van der Waals surface area (Å²) in [5.74, 6) is -0.256. The Kier molecular flexibility index (Phi) is 7.03. The summed E-state index contributed by atoms with van der Waals surface area (Å²) < 4.78 is 0. The number of carboxylic acids is 1. The third-order valence-electron chi connectivity index (χ3n) is 4.29. The van der Waals surface area contributed by atoms with Gasteiger partial charge in [-0.1, -0.05) is 39.5 Å². The quantitative estimate of drug-likeness (QED) is 0.556. The SMILES string of the molecule is CC(C)CCCNC(=O)CC1(C(=O)O)CCCCCC1. The highest BCUT2D eigenvalue weighted by atomic mass is 16.4. The van der Waals surface area contributed by atoms with E-state index < -0.39 is 11.4 Å². The summed E-state index contributed by atoms with van der Waals surface area (Å²) in [5, 5.41) is 12.4. The van der Waals surface area contributed by atoms with Gasteiger partial charge in [0.15, 0.2) is 0 Å². The normalized spacial score (nSPS) is 18.6. The zero-order chi connectivity index (χ0) is 15.0. The third-order valence-corrected chi connectivity index (χ3v) is 4.29. The van der Waals surface area contributed by atoms with Gasteiger partial charge in [0.2, 0.25) is 5.91 Å². The van der Waals surface area contributed by atoms with Crippen LogP contribution in [0.3, 0.4) is 0 Å². The van der Waals surface area contributed by atoms with Crippen molar-refractivity contribution in [1.82, 2.24) is 5.32 Å². The van der Waals surface area contributed by atoms with Gasteiger partial charge in [0, 0.05) is 13.0 Å². The molecule has 0 aromatic rings. The van der Waals surface area contributed by atoms with Crippen LogP contribution in [0.1, 0.15) is 71.6 Å². The molecule has 0 aromatic carbocycles. The van der Waals surface area contributed by atoms with Crippen LogP contribution in [0.15, 0.2) is 0 Å². The molecule has 4 nitrogen and oxygen atoms in total. The van der Waals surface area contributed by atoms with Crippen molar-refractivity contribution in [1.29, 1.82) is 0 Å². The summed E-state index contributed by atoms with van der Waals surface area (Å²) in [6.45, 7) is 4.98. The number of aliphatic carboxylic acids is 1. The van der Waals surface area contributed by atoms with E-state index in [9.17, 15) is 14.7 Å². The lowest BCUT2D eigenvalue weighted by Gasteiger charge is -2.27. The van der Waals surface area contributed by atoms with Gasteiger partial charge >= 0.3 is 5.97 Å². The van der Waals surface area contributed by atoms with Crippen LogP contribution in [-0.4, -0.2) is 23.5 Å². The van der Waals surface area contributed by atoms with Gasteiger partial charge in [-0.05, 0) is 31.6 Å². The van der Waals surface area contributed by atoms with Crippen molar-refractivity contribution in [3.8, 4) is 0 Å². The molecule has 116 valence electrons. The van der Waals surface area contributed by atoms with E-state index in [1.807, 2.05) is 0 Å². The molecule has 1 amide bonds. The van der Waals surface area contributed by atoms with Crippen LogP contribution in [0.2, 0.25) is 0 Å². The average Bonchev–Trinajstić information content (AvgIpc) is 2.61. The predicted molar refractivity (Wildman–Crippen MR) is 79.5 cm³/mol. The van der Waals surface area contributed by atoms with Crippen molar-refractivity contribution in [3.63, 3.8) is 0 Å². The second-order valence-electron chi connectivity index (χ2n) is 6.56. The molecule has 2 N–H and O–H groups in total. The molecule has 0 saturated heterocycles. The van der Waals surface area contributed by atoms with E-state index in [1.165, 1.54) is 0 Å². The molecule has 0 aliphatic heterocycles. The minimum atomic E-state index is -0.821. The largest absolute Gasteiger partial charge is 0.481 e. The van der Waals surface area contributed by atoms with E-state index in [0.29, 0.717) is 25.3 Å². The Labute approximate surface area is 122 Å². The number of carboxylic acid groups (broad SMARTS) is 1. The highest BCUT2D eigenvalue weighted by molar-refractivity contribution is 5.85. The van der Waals surface area contributed by atoms with Crippen molar-refractivity contribution in [2.45, 2.75) is 71.6 Å². The van der Waals surface area contributed by atoms with Gasteiger partial charge in [0.1, 0.15) is 0 Å². The highest BCUT2D eigenvalue weighted by Gasteiger charge is 2.40. The molecule has 0 spiro atoms. The molecular weight excluding hydrogens is 254 g/mol. The zero-order valence-corrected chi connectivity index (χ0v) is 12.9. The summed E-state index contributed by atoms with van der Waals surface area (Å²) in [6.07, 6.45) is 7.50. The molecule has 1 aliphatic rings. The molecule has 1 aliphatic carbocycles. The molecular formula is C16H29NO3. The van der Waals surface area contributed by atoms with E-state index in [4.69, 9.17) is 0 Å². The van der Waals surface area contributed by atoms with Gasteiger partial charge in [0.25, 0.3) is 0 Å². The number of amides is 1. The Morgan fingerprint density at radius 2 is 1.75 bits per heavy atom. The minimum absolute atomic E-state index is 0.0990. The molecule has 0 bridgehead atoms. The molecule has 0 aromatic heterocycles. The fourth-order valence-electron chi connectivity index (χ4n) is 2.98. The van der Waals surface area contributed by atoms with E-state index in [0.717, 1.165) is 38.5 Å². The van der Waals surface area contributed by atoms with Crippen LogP contribution in [-0.2, 0) is 9.59 Å². The Morgan fingerprint density at radius 1 is 1.15 bits per heavy atom. The van der Waals surface area contributed by atoms with Gasteiger partial charge < -0.3 is 10.4 Å². The number of nitrogens with one attached hydrogen (secondary N) is 1. The maximum absolute atomic E-state index is 12.0. The maximum atomic E-state index is 12.0. The smallest absolute Gasteiger partial charge is 0.310 e. The first kappa shape index (κ1) is 17.0. The molecule has 0 unspecified atom stereocenters. The van der Waals surface area contributed by atoms with E-state index in [1.54, 1.807) is 0 Å². The molecule has 4 heteroatoms. The number of rotatable bonds is 7. The fraction of sp³-hybridized carbons (Fsp3) is 0.875. The lowest BCUT2D eigenvalue weighted by atomic mass is 9.77. The first-order chi connectivity index (χ1) is 9.46. The van der Waals surface area contributed by atoms with Gasteiger partial charge in [0.05, 0.1) is 5.41 Å². The number of carbonyl (C=O) groups excluding carboxylic acids is 1. The predicted octanol–water partition coefficient (Wildman–Crippen LogP) is 3.35. The van der Waals surface area contributed by atoms with Gasteiger partial charge in [-0.15, -0.1) is 0 Å². The summed E-state index contributed by atoms with van der Waals surface area (Å²) in [5.41, 5.74) is -0.821. The molecule has 0 atom stereocenters. The molecule has 0 heterocycles. The first-order valence-electron chi connectivity index (χ1n) is 7.96. The maximum Gasteiger partial charge on any atom is 0.310 e. The topological polar surface area (TPSA) is 66.4 Å². The number of hydrogen-bond acceptors (Lipinski definition) is 2. The molecule has 1 fully saturated rings. The fourth-order valence-corrected chi connectivity index (χ4v) is 2.98. The average molecular weight is 283 g/mol. The van der Waals surface area contributed by atoms with E-state index >= 15 is 0 Å². The second kappa shape index (κ2) is 8.28. The van der Waals surface area contributed by atoms with Crippen molar-refractivity contribution in [2.75, 3.05) is 6.54 Å². The van der Waals surface area contributed by atoms with Gasteiger partial charge in [-0.3, -0.25) is 9.59 Å². The van der Waals surface area contributed by atoms with Crippen molar-refractivity contribution in [3.05, 3.63) is 0 Å². The lowest BCUT2D eigenvalue weighted by molar-refractivity contribution is -0.152. The number of carbonyl (C=O) groups is 2. The summed E-state index contributed by atoms with van der Waals surface area (Å²) in [7, 11) is 0. The third kappa shape index (κ3) is 5.51. The van der Waals surface area contributed by atoms with Crippen molar-refractivity contribution >= 4 is 11.9 Å². The Bertz CT molecular complexity index is 318. The standard InChI is InChI=1S/C16H29NO3/c1-13(2)8-7-11-17-14(18)12-16(15(19)20)9-5-3-4-6-10-16/h13H,3-12H2,1-2H3,(H,17,18)(H,19,20). The van der Waals surface area contributed by atoms with Crippen molar-refractivity contribution in [2.24, 2.45) is 11.3 Å². The molecule has 1 saturated carbocycles. The van der Waals surface area contributed by atoms with Crippen LogP contribution in [0.4, 0.5) is 0 Å². The molecule has 0 radical (unpaired) electrons. The monoisotopic (exact) mass is 283 g/mol. The molecule has 1 rings (SSSR count). The molecule has 20 heavy (non-hydrogen) atoms. The Morgan fingerprint density at radius 3 is 2.25 bits per heavy atom. The van der Waals surface area contributed by atoms with Crippen LogP contribution in [0.25, 0.3) is 0 Å². The van der Waals surface area contributed by atoms with Crippen LogP contribution in [0, 0.1) is 11.3 Å². The van der Waals surface area contributed by atoms with Gasteiger partial charge in [-0.2, -0.15) is 0 Å². The lowest BCUT2D eigenvalue weighted by Crippen LogP contribution is -2.37. The summed E-state index contributed by atoms with van der Waals surface area (Å²) in [4.78, 5) is 23.6. The van der Waals surface area contributed by atoms with Crippen molar-refractivity contribution < 1.29 is 14.7 Å². The van der Waals surface area contributed by atoms with Crippen LogP contribution in [0.5, 0.6) is 0 Å². The van der Waals surface area contributed by atoms with Gasteiger partial charge in [-0.25, -0.2) is 0 Å². The summed E-state index contributed by atoms with van der Waals surface area (Å²) >= 11 is 0. The Balaban J connectivity index is 2.44. The second-order valence-corrected chi connectivity index (χ2v) is 6.56. The van der Waals surface area contributed by atoms with Crippen LogP contribution < -0.4 is 5.32 Å². The highest BCUT2D eigenvalue weighted by Crippen LogP contribution is 2.38. The number of hydrogen-bond donors (Lipinski definition) is 2. The minimum Gasteiger partial charge on any atom is -0.481 e.